The van der Waals surface area contributed by atoms with E-state index < -0.39 is 17.2 Å². The number of thiophene rings is 1. The molecular formula is C18H20F2OS. The molecule has 0 amide bonds. The molecule has 1 atom stereocenters. The molecule has 0 N–H and O–H groups in total. The lowest BCUT2D eigenvalue weighted by atomic mass is 9.77. The average Bonchev–Trinajstić information content (AvgIpc) is 3.07. The van der Waals surface area contributed by atoms with Crippen LogP contribution >= 0.6 is 11.3 Å². The monoisotopic (exact) mass is 322 g/mol. The van der Waals surface area contributed by atoms with Crippen molar-refractivity contribution in [3.63, 3.8) is 0 Å². The van der Waals surface area contributed by atoms with Crippen molar-refractivity contribution in [2.75, 3.05) is 0 Å². The molecule has 1 aliphatic carbocycles. The molecule has 0 radical (unpaired) electrons. The van der Waals surface area contributed by atoms with Gasteiger partial charge in [-0.1, -0.05) is 31.4 Å². The van der Waals surface area contributed by atoms with Crippen molar-refractivity contribution >= 4 is 11.3 Å². The van der Waals surface area contributed by atoms with Crippen LogP contribution in [0.2, 0.25) is 0 Å². The molecule has 0 spiro atoms. The number of benzene rings is 1. The fraction of sp³-hybridized carbons (Fsp3) is 0.444. The van der Waals surface area contributed by atoms with Crippen molar-refractivity contribution in [1.29, 1.82) is 0 Å². The highest BCUT2D eigenvalue weighted by atomic mass is 32.1. The lowest BCUT2D eigenvalue weighted by molar-refractivity contribution is 0.000471. The topological polar surface area (TPSA) is 9.23 Å². The van der Waals surface area contributed by atoms with Gasteiger partial charge in [0.25, 0.3) is 0 Å². The van der Waals surface area contributed by atoms with Gasteiger partial charge in [0.15, 0.2) is 17.4 Å². The standard InChI is InChI=1S/C18H20F2OS/c1-18(16-11-6-12-22-16,13-7-3-2-4-8-13)21-17-14(19)9-5-10-15(17)20/h5-6,9-13H,2-4,7-8H2,1H3. The van der Waals surface area contributed by atoms with Gasteiger partial charge >= 0.3 is 0 Å². The fourth-order valence-electron chi connectivity index (χ4n) is 3.34. The van der Waals surface area contributed by atoms with E-state index in [4.69, 9.17) is 4.74 Å². The first kappa shape index (κ1) is 15.5. The maximum atomic E-state index is 14.0. The maximum absolute atomic E-state index is 14.0. The van der Waals surface area contributed by atoms with E-state index in [2.05, 4.69) is 0 Å². The summed E-state index contributed by atoms with van der Waals surface area (Å²) in [4.78, 5) is 1.03. The van der Waals surface area contributed by atoms with Crippen LogP contribution < -0.4 is 4.74 Å². The second-order valence-corrected chi connectivity index (χ2v) is 7.02. The molecule has 1 nitrogen and oxygen atoms in total. The quantitative estimate of drug-likeness (QED) is 0.681. The van der Waals surface area contributed by atoms with Crippen molar-refractivity contribution < 1.29 is 13.5 Å². The lowest BCUT2D eigenvalue weighted by Gasteiger charge is -2.39. The van der Waals surface area contributed by atoms with Gasteiger partial charge in [0.05, 0.1) is 0 Å². The Bertz CT molecular complexity index is 600. The van der Waals surface area contributed by atoms with Gasteiger partial charge in [-0.3, -0.25) is 0 Å². The molecule has 1 fully saturated rings. The third-order valence-corrected chi connectivity index (χ3v) is 5.72. The van der Waals surface area contributed by atoms with Crippen molar-refractivity contribution in [3.8, 4) is 5.75 Å². The van der Waals surface area contributed by atoms with E-state index in [1.807, 2.05) is 24.4 Å². The minimum Gasteiger partial charge on any atom is -0.476 e. The Balaban J connectivity index is 1.99. The van der Waals surface area contributed by atoms with Gasteiger partial charge < -0.3 is 4.74 Å². The normalized spacial score (nSPS) is 18.9. The summed E-state index contributed by atoms with van der Waals surface area (Å²) in [5, 5.41) is 1.98. The third kappa shape index (κ3) is 2.89. The lowest BCUT2D eigenvalue weighted by Crippen LogP contribution is -2.39. The van der Waals surface area contributed by atoms with Crippen molar-refractivity contribution in [2.45, 2.75) is 44.6 Å². The van der Waals surface area contributed by atoms with Gasteiger partial charge in [-0.25, -0.2) is 8.78 Å². The van der Waals surface area contributed by atoms with Gasteiger partial charge in [-0.05, 0) is 43.3 Å². The van der Waals surface area contributed by atoms with E-state index in [1.165, 1.54) is 24.6 Å². The third-order valence-electron chi connectivity index (χ3n) is 4.63. The van der Waals surface area contributed by atoms with E-state index in [9.17, 15) is 8.78 Å². The Kier molecular flexibility index (Phi) is 4.48. The van der Waals surface area contributed by atoms with E-state index >= 15 is 0 Å². The van der Waals surface area contributed by atoms with Crippen LogP contribution in [-0.2, 0) is 5.60 Å². The van der Waals surface area contributed by atoms with E-state index in [1.54, 1.807) is 11.3 Å². The zero-order chi connectivity index (χ0) is 15.6. The first-order valence-electron chi connectivity index (χ1n) is 7.78. The van der Waals surface area contributed by atoms with Crippen molar-refractivity contribution in [3.05, 3.63) is 52.2 Å². The predicted octanol–water partition coefficient (Wildman–Crippen LogP) is 5.90. The molecule has 22 heavy (non-hydrogen) atoms. The SMILES string of the molecule is CC(Oc1c(F)cccc1F)(c1cccs1)C1CCCCC1. The molecule has 4 heteroatoms. The second kappa shape index (κ2) is 6.37. The molecule has 0 bridgehead atoms. The summed E-state index contributed by atoms with van der Waals surface area (Å²) in [5.41, 5.74) is -0.683. The minimum atomic E-state index is -0.683. The fourth-order valence-corrected chi connectivity index (χ4v) is 4.24. The second-order valence-electron chi connectivity index (χ2n) is 6.07. The molecule has 0 aliphatic heterocycles. The molecule has 1 aromatic carbocycles. The molecule has 1 heterocycles. The number of rotatable bonds is 4. The summed E-state index contributed by atoms with van der Waals surface area (Å²) in [5.74, 6) is -1.26. The predicted molar refractivity (Wildman–Crippen MR) is 85.2 cm³/mol. The first-order valence-corrected chi connectivity index (χ1v) is 8.66. The van der Waals surface area contributed by atoms with Crippen LogP contribution in [-0.4, -0.2) is 0 Å². The Morgan fingerprint density at radius 2 is 1.73 bits per heavy atom. The molecule has 1 aliphatic rings. The molecular weight excluding hydrogens is 302 g/mol. The van der Waals surface area contributed by atoms with Crippen molar-refractivity contribution in [2.24, 2.45) is 5.92 Å². The maximum Gasteiger partial charge on any atom is 0.191 e. The van der Waals surface area contributed by atoms with Gasteiger partial charge in [0, 0.05) is 10.8 Å². The summed E-state index contributed by atoms with van der Waals surface area (Å²) < 4.78 is 34.1. The highest BCUT2D eigenvalue weighted by Crippen LogP contribution is 2.44. The van der Waals surface area contributed by atoms with Crippen LogP contribution in [0, 0.1) is 17.6 Å². The molecule has 3 rings (SSSR count). The smallest absolute Gasteiger partial charge is 0.191 e. The van der Waals surface area contributed by atoms with Crippen molar-refractivity contribution in [1.82, 2.24) is 0 Å². The Morgan fingerprint density at radius 1 is 1.05 bits per heavy atom. The van der Waals surface area contributed by atoms with E-state index in [0.717, 1.165) is 30.6 Å². The van der Waals surface area contributed by atoms with Crippen LogP contribution in [0.3, 0.4) is 0 Å². The van der Waals surface area contributed by atoms with Gasteiger partial charge in [-0.15, -0.1) is 11.3 Å². The Morgan fingerprint density at radius 3 is 2.32 bits per heavy atom. The van der Waals surface area contributed by atoms with Crippen LogP contribution in [0.4, 0.5) is 8.78 Å². The highest BCUT2D eigenvalue weighted by molar-refractivity contribution is 7.10. The summed E-state index contributed by atoms with van der Waals surface area (Å²) in [6.07, 6.45) is 5.59. The van der Waals surface area contributed by atoms with E-state index in [0.29, 0.717) is 0 Å². The number of halogens is 2. The highest BCUT2D eigenvalue weighted by Gasteiger charge is 2.40. The van der Waals surface area contributed by atoms with Gasteiger partial charge in [0.2, 0.25) is 0 Å². The van der Waals surface area contributed by atoms with Gasteiger partial charge in [0.1, 0.15) is 5.60 Å². The molecule has 1 aromatic heterocycles. The molecule has 118 valence electrons. The number of hydrogen-bond donors (Lipinski definition) is 0. The number of para-hydroxylation sites is 1. The molecule has 2 aromatic rings. The van der Waals surface area contributed by atoms with Crippen LogP contribution in [0.5, 0.6) is 5.75 Å². The minimum absolute atomic E-state index is 0.260. The molecule has 0 saturated heterocycles. The summed E-state index contributed by atoms with van der Waals surface area (Å²) in [6, 6.07) is 7.81. The Hall–Kier alpha value is -1.42. The largest absolute Gasteiger partial charge is 0.476 e. The van der Waals surface area contributed by atoms with Crippen LogP contribution in [0.15, 0.2) is 35.7 Å². The van der Waals surface area contributed by atoms with Crippen LogP contribution in [0.25, 0.3) is 0 Å². The summed E-state index contributed by atoms with van der Waals surface area (Å²) in [7, 11) is 0. The Labute approximate surface area is 133 Å². The molecule has 1 unspecified atom stereocenters. The first-order chi connectivity index (χ1) is 10.6. The summed E-state index contributed by atoms with van der Waals surface area (Å²) >= 11 is 1.58. The number of hydrogen-bond acceptors (Lipinski definition) is 2. The molecule has 1 saturated carbocycles. The van der Waals surface area contributed by atoms with E-state index in [-0.39, 0.29) is 11.7 Å². The average molecular weight is 322 g/mol. The zero-order valence-electron chi connectivity index (χ0n) is 12.6. The van der Waals surface area contributed by atoms with Crippen LogP contribution in [0.1, 0.15) is 43.9 Å². The summed E-state index contributed by atoms with van der Waals surface area (Å²) in [6.45, 7) is 1.97. The van der Waals surface area contributed by atoms with Gasteiger partial charge in [-0.2, -0.15) is 0 Å². The number of ether oxygens (including phenoxy) is 1. The zero-order valence-corrected chi connectivity index (χ0v) is 13.5.